The Kier molecular flexibility index (Phi) is 6.93. The third-order valence-electron chi connectivity index (χ3n) is 5.22. The SMILES string of the molecule is CC(NC(=O)c1cccs1)c1nnc(SCC(=O)Nc2sc3c(c2C#N)CCCC3)n1C. The summed E-state index contributed by atoms with van der Waals surface area (Å²) in [5.74, 6) is 0.412. The van der Waals surface area contributed by atoms with Gasteiger partial charge in [-0.15, -0.1) is 32.9 Å². The number of nitriles is 1. The Balaban J connectivity index is 1.36. The normalized spacial score (nSPS) is 13.8. The summed E-state index contributed by atoms with van der Waals surface area (Å²) in [7, 11) is 1.81. The van der Waals surface area contributed by atoms with Crippen molar-refractivity contribution in [3.63, 3.8) is 0 Å². The first-order valence-electron chi connectivity index (χ1n) is 10.2. The van der Waals surface area contributed by atoms with Gasteiger partial charge in [0.1, 0.15) is 11.1 Å². The van der Waals surface area contributed by atoms with E-state index < -0.39 is 0 Å². The molecule has 3 heterocycles. The lowest BCUT2D eigenvalue weighted by molar-refractivity contribution is -0.113. The van der Waals surface area contributed by atoms with Crippen LogP contribution in [0.4, 0.5) is 5.00 Å². The molecule has 4 rings (SSSR count). The van der Waals surface area contributed by atoms with Gasteiger partial charge < -0.3 is 15.2 Å². The minimum absolute atomic E-state index is 0.148. The monoisotopic (exact) mass is 486 g/mol. The predicted molar refractivity (Wildman–Crippen MR) is 126 cm³/mol. The Bertz CT molecular complexity index is 1180. The molecule has 0 aliphatic heterocycles. The van der Waals surface area contributed by atoms with E-state index in [1.54, 1.807) is 10.6 Å². The van der Waals surface area contributed by atoms with E-state index in [9.17, 15) is 14.9 Å². The number of aromatic nitrogens is 3. The van der Waals surface area contributed by atoms with Crippen molar-refractivity contribution in [3.8, 4) is 6.07 Å². The molecular weight excluding hydrogens is 464 g/mol. The number of rotatable bonds is 7. The fourth-order valence-corrected chi connectivity index (χ4v) is 6.23. The number of fused-ring (bicyclic) bond motifs is 1. The second-order valence-corrected chi connectivity index (χ2v) is 10.4. The van der Waals surface area contributed by atoms with Crippen LogP contribution in [0.3, 0.4) is 0 Å². The van der Waals surface area contributed by atoms with Gasteiger partial charge in [0.05, 0.1) is 22.2 Å². The molecule has 1 aliphatic rings. The van der Waals surface area contributed by atoms with Crippen molar-refractivity contribution in [3.05, 3.63) is 44.2 Å². The molecule has 0 radical (unpaired) electrons. The van der Waals surface area contributed by atoms with Gasteiger partial charge in [0.2, 0.25) is 5.91 Å². The topological polar surface area (TPSA) is 113 Å². The zero-order valence-corrected chi connectivity index (χ0v) is 20.1. The molecule has 0 spiro atoms. The number of amides is 2. The summed E-state index contributed by atoms with van der Waals surface area (Å²) in [5, 5.41) is 26.8. The van der Waals surface area contributed by atoms with Crippen LogP contribution in [0.1, 0.15) is 57.3 Å². The van der Waals surface area contributed by atoms with Crippen LogP contribution in [0.25, 0.3) is 0 Å². The van der Waals surface area contributed by atoms with Crippen LogP contribution in [0.2, 0.25) is 0 Å². The number of hydrogen-bond donors (Lipinski definition) is 2. The fourth-order valence-electron chi connectivity index (χ4n) is 3.63. The Morgan fingerprint density at radius 1 is 1.34 bits per heavy atom. The number of thioether (sulfide) groups is 1. The van der Waals surface area contributed by atoms with Crippen molar-refractivity contribution in [2.75, 3.05) is 11.1 Å². The highest BCUT2D eigenvalue weighted by Crippen LogP contribution is 2.37. The first-order chi connectivity index (χ1) is 15.5. The van der Waals surface area contributed by atoms with Gasteiger partial charge in [-0.3, -0.25) is 9.59 Å². The van der Waals surface area contributed by atoms with Crippen LogP contribution in [-0.4, -0.2) is 32.3 Å². The molecule has 1 aliphatic carbocycles. The van der Waals surface area contributed by atoms with Crippen LogP contribution in [0, 0.1) is 11.3 Å². The highest BCUT2D eigenvalue weighted by atomic mass is 32.2. The molecule has 3 aromatic heterocycles. The molecule has 2 N–H and O–H groups in total. The maximum absolute atomic E-state index is 12.5. The zero-order valence-electron chi connectivity index (χ0n) is 17.7. The second kappa shape index (κ2) is 9.85. The molecule has 0 fully saturated rings. The summed E-state index contributed by atoms with van der Waals surface area (Å²) >= 11 is 4.16. The first kappa shape index (κ1) is 22.5. The summed E-state index contributed by atoms with van der Waals surface area (Å²) in [6.07, 6.45) is 4.09. The largest absolute Gasteiger partial charge is 0.342 e. The molecule has 3 aromatic rings. The predicted octanol–water partition coefficient (Wildman–Crippen LogP) is 3.91. The standard InChI is InChI=1S/C21H22N6O2S3/c1-12(23-19(29)16-8-5-9-30-16)18-25-26-21(27(18)2)31-11-17(28)24-20-14(10-22)13-6-3-4-7-15(13)32-20/h5,8-9,12H,3-4,6-7,11H2,1-2H3,(H,23,29)(H,24,28). The molecule has 0 saturated heterocycles. The van der Waals surface area contributed by atoms with E-state index in [0.29, 0.717) is 26.4 Å². The quantitative estimate of drug-likeness (QED) is 0.490. The highest BCUT2D eigenvalue weighted by Gasteiger charge is 2.23. The molecule has 0 bridgehead atoms. The van der Waals surface area contributed by atoms with Gasteiger partial charge in [-0.1, -0.05) is 17.8 Å². The lowest BCUT2D eigenvalue weighted by atomic mass is 9.96. The number of carbonyl (C=O) groups is 2. The number of nitrogens with one attached hydrogen (secondary N) is 2. The van der Waals surface area contributed by atoms with Crippen molar-refractivity contribution < 1.29 is 9.59 Å². The van der Waals surface area contributed by atoms with Crippen LogP contribution in [0.15, 0.2) is 22.7 Å². The number of thiophene rings is 2. The molecule has 0 aromatic carbocycles. The van der Waals surface area contributed by atoms with Crippen LogP contribution in [-0.2, 0) is 24.7 Å². The van der Waals surface area contributed by atoms with Crippen molar-refractivity contribution in [2.45, 2.75) is 43.8 Å². The average molecular weight is 487 g/mol. The number of nitrogens with zero attached hydrogens (tertiary/aromatic N) is 4. The Hall–Kier alpha value is -2.68. The molecule has 32 heavy (non-hydrogen) atoms. The summed E-state index contributed by atoms with van der Waals surface area (Å²) < 4.78 is 1.78. The van der Waals surface area contributed by atoms with Gasteiger partial charge in [0.25, 0.3) is 5.91 Å². The van der Waals surface area contributed by atoms with Crippen LogP contribution in [0.5, 0.6) is 0 Å². The van der Waals surface area contributed by atoms with Gasteiger partial charge in [-0.2, -0.15) is 5.26 Å². The number of aryl methyl sites for hydroxylation is 1. The second-order valence-electron chi connectivity index (χ2n) is 7.44. The molecule has 2 amide bonds. The molecule has 1 atom stereocenters. The minimum atomic E-state index is -0.332. The van der Waals surface area contributed by atoms with Gasteiger partial charge in [-0.25, -0.2) is 0 Å². The summed E-state index contributed by atoms with van der Waals surface area (Å²) in [5.41, 5.74) is 1.71. The summed E-state index contributed by atoms with van der Waals surface area (Å²) in [6.45, 7) is 1.85. The van der Waals surface area contributed by atoms with Crippen LogP contribution < -0.4 is 10.6 Å². The van der Waals surface area contributed by atoms with Gasteiger partial charge in [0.15, 0.2) is 11.0 Å². The summed E-state index contributed by atoms with van der Waals surface area (Å²) in [4.78, 5) is 26.7. The summed E-state index contributed by atoms with van der Waals surface area (Å²) in [6, 6.07) is 5.53. The molecule has 0 saturated carbocycles. The molecule has 1 unspecified atom stereocenters. The fraction of sp³-hybridized carbons (Fsp3) is 0.381. The first-order valence-corrected chi connectivity index (χ1v) is 12.9. The Morgan fingerprint density at radius 3 is 2.91 bits per heavy atom. The smallest absolute Gasteiger partial charge is 0.261 e. The Labute approximate surface area is 198 Å². The third-order valence-corrected chi connectivity index (χ3v) is 8.31. The lowest BCUT2D eigenvalue weighted by Crippen LogP contribution is -2.27. The molecular formula is C21H22N6O2S3. The highest BCUT2D eigenvalue weighted by molar-refractivity contribution is 7.99. The third kappa shape index (κ3) is 4.72. The van der Waals surface area contributed by atoms with Gasteiger partial charge >= 0.3 is 0 Å². The number of anilines is 1. The van der Waals surface area contributed by atoms with E-state index in [4.69, 9.17) is 0 Å². The van der Waals surface area contributed by atoms with Crippen molar-refractivity contribution >= 4 is 51.3 Å². The van der Waals surface area contributed by atoms with Crippen molar-refractivity contribution in [1.29, 1.82) is 5.26 Å². The minimum Gasteiger partial charge on any atom is -0.342 e. The van der Waals surface area contributed by atoms with E-state index in [0.717, 1.165) is 31.2 Å². The zero-order chi connectivity index (χ0) is 22.7. The van der Waals surface area contributed by atoms with E-state index in [1.165, 1.54) is 39.3 Å². The van der Waals surface area contributed by atoms with Crippen molar-refractivity contribution in [1.82, 2.24) is 20.1 Å². The van der Waals surface area contributed by atoms with Crippen molar-refractivity contribution in [2.24, 2.45) is 7.05 Å². The Morgan fingerprint density at radius 2 is 2.16 bits per heavy atom. The van der Waals surface area contributed by atoms with E-state index in [-0.39, 0.29) is 23.6 Å². The van der Waals surface area contributed by atoms with Crippen LogP contribution >= 0.6 is 34.4 Å². The average Bonchev–Trinajstić information content (AvgIpc) is 3.51. The van der Waals surface area contributed by atoms with Gasteiger partial charge in [-0.05, 0) is 49.6 Å². The van der Waals surface area contributed by atoms with Gasteiger partial charge in [0, 0.05) is 11.9 Å². The maximum Gasteiger partial charge on any atom is 0.261 e. The van der Waals surface area contributed by atoms with E-state index in [2.05, 4.69) is 26.9 Å². The number of carbonyl (C=O) groups excluding carboxylic acids is 2. The number of hydrogen-bond acceptors (Lipinski definition) is 8. The molecule has 8 nitrogen and oxygen atoms in total. The molecule has 11 heteroatoms. The maximum atomic E-state index is 12.5. The molecule has 166 valence electrons. The van der Waals surface area contributed by atoms with E-state index >= 15 is 0 Å². The van der Waals surface area contributed by atoms with E-state index in [1.807, 2.05) is 25.4 Å². The lowest BCUT2D eigenvalue weighted by Gasteiger charge is -2.12.